The van der Waals surface area contributed by atoms with Crippen molar-refractivity contribution in [1.82, 2.24) is 4.98 Å². The number of fused-ring (bicyclic) bond motifs is 1. The summed E-state index contributed by atoms with van der Waals surface area (Å²) in [6, 6.07) is 12.8. The largest absolute Gasteiger partial charge is 0.366 e. The van der Waals surface area contributed by atoms with Crippen LogP contribution in [0.15, 0.2) is 42.6 Å². The Labute approximate surface area is 112 Å². The van der Waals surface area contributed by atoms with Crippen molar-refractivity contribution in [1.29, 1.82) is 0 Å². The summed E-state index contributed by atoms with van der Waals surface area (Å²) in [7, 11) is 0. The molecule has 1 unspecified atom stereocenters. The van der Waals surface area contributed by atoms with Crippen LogP contribution in [-0.4, -0.2) is 11.0 Å². The second kappa shape index (κ2) is 4.99. The minimum atomic E-state index is 0.423. The van der Waals surface area contributed by atoms with Crippen molar-refractivity contribution < 1.29 is 0 Å². The average Bonchev–Trinajstić information content (AvgIpc) is 2.41. The highest BCUT2D eigenvalue weighted by Gasteiger charge is 2.18. The molecule has 0 amide bonds. The second-order valence-corrected chi connectivity index (χ2v) is 5.09. The van der Waals surface area contributed by atoms with Crippen molar-refractivity contribution in [3.8, 4) is 0 Å². The molecule has 0 spiro atoms. The molecule has 0 saturated heterocycles. The minimum absolute atomic E-state index is 0.423. The topological polar surface area (TPSA) is 24.9 Å². The van der Waals surface area contributed by atoms with Crippen LogP contribution in [0, 0.1) is 0 Å². The van der Waals surface area contributed by atoms with E-state index in [9.17, 15) is 0 Å². The number of aromatic nitrogens is 1. The van der Waals surface area contributed by atoms with E-state index in [0.717, 1.165) is 25.1 Å². The molecule has 1 aromatic heterocycles. The van der Waals surface area contributed by atoms with E-state index in [1.165, 1.54) is 11.1 Å². The molecule has 0 aliphatic heterocycles. The summed E-state index contributed by atoms with van der Waals surface area (Å²) in [4.78, 5) is 4.29. The normalized spacial score (nSPS) is 18.2. The molecule has 0 fully saturated rings. The summed E-state index contributed by atoms with van der Waals surface area (Å²) in [5.74, 6) is 0.795. The average molecular weight is 259 g/mol. The lowest BCUT2D eigenvalue weighted by atomic mass is 9.88. The molecule has 1 aromatic carbocycles. The summed E-state index contributed by atoms with van der Waals surface area (Å²) >= 11 is 6.12. The van der Waals surface area contributed by atoms with Crippen molar-refractivity contribution in [2.24, 2.45) is 0 Å². The lowest BCUT2D eigenvalue weighted by Gasteiger charge is -2.26. The van der Waals surface area contributed by atoms with Crippen molar-refractivity contribution in [2.45, 2.75) is 25.3 Å². The van der Waals surface area contributed by atoms with Crippen molar-refractivity contribution in [3.63, 3.8) is 0 Å². The molecule has 0 radical (unpaired) electrons. The second-order valence-electron chi connectivity index (χ2n) is 4.69. The lowest BCUT2D eigenvalue weighted by Crippen LogP contribution is -2.27. The van der Waals surface area contributed by atoms with Crippen LogP contribution in [0.25, 0.3) is 0 Å². The molecule has 1 heterocycles. The number of nitrogens with one attached hydrogen (secondary N) is 1. The van der Waals surface area contributed by atoms with Crippen LogP contribution < -0.4 is 5.32 Å². The van der Waals surface area contributed by atoms with Gasteiger partial charge in [-0.25, -0.2) is 4.98 Å². The molecule has 1 aliphatic carbocycles. The van der Waals surface area contributed by atoms with E-state index in [4.69, 9.17) is 11.6 Å². The maximum Gasteiger partial charge on any atom is 0.144 e. The van der Waals surface area contributed by atoms with Crippen LogP contribution in [0.2, 0.25) is 5.02 Å². The fraction of sp³-hybridized carbons (Fsp3) is 0.267. The summed E-state index contributed by atoms with van der Waals surface area (Å²) < 4.78 is 0. The van der Waals surface area contributed by atoms with Crippen LogP contribution in [0.3, 0.4) is 0 Å². The standard InChI is InChI=1S/C15H15ClN2/c16-14-6-3-9-17-15(14)18-13-8-7-11-4-1-2-5-12(11)10-13/h1-6,9,13H,7-8,10H2,(H,17,18). The van der Waals surface area contributed by atoms with Crippen molar-refractivity contribution in [3.05, 3.63) is 58.7 Å². The smallest absolute Gasteiger partial charge is 0.144 e. The first-order chi connectivity index (χ1) is 8.83. The highest BCUT2D eigenvalue weighted by atomic mass is 35.5. The van der Waals surface area contributed by atoms with E-state index < -0.39 is 0 Å². The molecule has 2 aromatic rings. The van der Waals surface area contributed by atoms with Gasteiger partial charge in [-0.1, -0.05) is 35.9 Å². The van der Waals surface area contributed by atoms with Crippen LogP contribution in [0.5, 0.6) is 0 Å². The van der Waals surface area contributed by atoms with Gasteiger partial charge in [-0.3, -0.25) is 0 Å². The van der Waals surface area contributed by atoms with Crippen LogP contribution >= 0.6 is 11.6 Å². The number of aryl methyl sites for hydroxylation is 1. The fourth-order valence-electron chi connectivity index (χ4n) is 2.51. The van der Waals surface area contributed by atoms with E-state index in [1.807, 2.05) is 12.1 Å². The quantitative estimate of drug-likeness (QED) is 0.888. The van der Waals surface area contributed by atoms with Gasteiger partial charge in [-0.05, 0) is 42.5 Å². The first kappa shape index (κ1) is 11.5. The zero-order chi connectivity index (χ0) is 12.4. The Morgan fingerprint density at radius 2 is 1.94 bits per heavy atom. The summed E-state index contributed by atoms with van der Waals surface area (Å²) in [5.41, 5.74) is 2.91. The third-order valence-electron chi connectivity index (χ3n) is 3.45. The van der Waals surface area contributed by atoms with Gasteiger partial charge in [0.15, 0.2) is 0 Å². The number of pyridine rings is 1. The van der Waals surface area contributed by atoms with Crippen LogP contribution in [-0.2, 0) is 12.8 Å². The molecule has 0 saturated carbocycles. The van der Waals surface area contributed by atoms with Gasteiger partial charge in [-0.2, -0.15) is 0 Å². The number of hydrogen-bond acceptors (Lipinski definition) is 2. The Hall–Kier alpha value is -1.54. The first-order valence-corrected chi connectivity index (χ1v) is 6.64. The van der Waals surface area contributed by atoms with E-state index in [0.29, 0.717) is 11.1 Å². The van der Waals surface area contributed by atoms with Crippen molar-refractivity contribution >= 4 is 17.4 Å². The van der Waals surface area contributed by atoms with Crippen LogP contribution in [0.4, 0.5) is 5.82 Å². The fourth-order valence-corrected chi connectivity index (χ4v) is 2.68. The Balaban J connectivity index is 1.75. The molecule has 18 heavy (non-hydrogen) atoms. The molecule has 0 bridgehead atoms. The Bertz CT molecular complexity index is 554. The van der Waals surface area contributed by atoms with Gasteiger partial charge in [0, 0.05) is 12.2 Å². The maximum absolute atomic E-state index is 6.12. The lowest BCUT2D eigenvalue weighted by molar-refractivity contribution is 0.609. The molecule has 3 rings (SSSR count). The third kappa shape index (κ3) is 2.34. The molecule has 2 nitrogen and oxygen atoms in total. The molecule has 1 atom stereocenters. The number of hydrogen-bond donors (Lipinski definition) is 1. The van der Waals surface area contributed by atoms with Gasteiger partial charge < -0.3 is 5.32 Å². The maximum atomic E-state index is 6.12. The highest BCUT2D eigenvalue weighted by molar-refractivity contribution is 6.32. The van der Waals surface area contributed by atoms with Crippen molar-refractivity contribution in [2.75, 3.05) is 5.32 Å². The number of anilines is 1. The van der Waals surface area contributed by atoms with Gasteiger partial charge in [0.25, 0.3) is 0 Å². The van der Waals surface area contributed by atoms with E-state index in [-0.39, 0.29) is 0 Å². The van der Waals surface area contributed by atoms with E-state index >= 15 is 0 Å². The number of rotatable bonds is 2. The molecule has 3 heteroatoms. The summed E-state index contributed by atoms with van der Waals surface area (Å²) in [6.07, 6.45) is 5.07. The van der Waals surface area contributed by atoms with E-state index in [1.54, 1.807) is 6.20 Å². The molecule has 1 N–H and O–H groups in total. The third-order valence-corrected chi connectivity index (χ3v) is 3.75. The molecular weight excluding hydrogens is 244 g/mol. The minimum Gasteiger partial charge on any atom is -0.366 e. The van der Waals surface area contributed by atoms with Gasteiger partial charge >= 0.3 is 0 Å². The Kier molecular flexibility index (Phi) is 3.20. The summed E-state index contributed by atoms with van der Waals surface area (Å²) in [5, 5.41) is 4.14. The highest BCUT2D eigenvalue weighted by Crippen LogP contribution is 2.25. The summed E-state index contributed by atoms with van der Waals surface area (Å²) in [6.45, 7) is 0. The Morgan fingerprint density at radius 1 is 1.11 bits per heavy atom. The zero-order valence-electron chi connectivity index (χ0n) is 10.1. The predicted molar refractivity (Wildman–Crippen MR) is 75.1 cm³/mol. The molecule has 92 valence electrons. The molecular formula is C15H15ClN2. The monoisotopic (exact) mass is 258 g/mol. The predicted octanol–water partition coefficient (Wildman–Crippen LogP) is 3.70. The SMILES string of the molecule is Clc1cccnc1NC1CCc2ccccc2C1. The van der Waals surface area contributed by atoms with Gasteiger partial charge in [0.1, 0.15) is 5.82 Å². The van der Waals surface area contributed by atoms with Crippen LogP contribution in [0.1, 0.15) is 17.5 Å². The Morgan fingerprint density at radius 3 is 2.78 bits per heavy atom. The number of nitrogens with zero attached hydrogens (tertiary/aromatic N) is 1. The first-order valence-electron chi connectivity index (χ1n) is 6.27. The van der Waals surface area contributed by atoms with Gasteiger partial charge in [0.2, 0.25) is 0 Å². The zero-order valence-corrected chi connectivity index (χ0v) is 10.8. The van der Waals surface area contributed by atoms with Gasteiger partial charge in [0.05, 0.1) is 5.02 Å². The number of benzene rings is 1. The molecule has 1 aliphatic rings. The number of halogens is 1. The van der Waals surface area contributed by atoms with Gasteiger partial charge in [-0.15, -0.1) is 0 Å². The van der Waals surface area contributed by atoms with E-state index in [2.05, 4.69) is 34.6 Å².